The number of aryl methyl sites for hydroxylation is 2. The molecule has 8 heteroatoms. The maximum absolute atomic E-state index is 12.6. The van der Waals surface area contributed by atoms with Gasteiger partial charge >= 0.3 is 5.97 Å². The Morgan fingerprint density at radius 3 is 2.63 bits per heavy atom. The van der Waals surface area contributed by atoms with Crippen LogP contribution in [0.4, 0.5) is 0 Å². The third-order valence-corrected chi connectivity index (χ3v) is 5.08. The Bertz CT molecular complexity index is 1030. The largest absolute Gasteiger partial charge is 0.452 e. The molecule has 0 radical (unpaired) electrons. The molecule has 0 aliphatic rings. The summed E-state index contributed by atoms with van der Waals surface area (Å²) in [5, 5.41) is 7.12. The Balaban J connectivity index is 1.64. The Hall–Kier alpha value is -3.29. The van der Waals surface area contributed by atoms with Gasteiger partial charge in [-0.3, -0.25) is 9.59 Å². The Morgan fingerprint density at radius 1 is 1.20 bits per heavy atom. The van der Waals surface area contributed by atoms with Crippen LogP contribution in [0, 0.1) is 13.8 Å². The number of ether oxygens (including phenoxy) is 1. The number of benzene rings is 1. The van der Waals surface area contributed by atoms with Crippen LogP contribution in [0.1, 0.15) is 55.2 Å². The summed E-state index contributed by atoms with van der Waals surface area (Å²) < 4.78 is 6.99. The number of nitrogens with one attached hydrogen (secondary N) is 1. The van der Waals surface area contributed by atoms with E-state index in [4.69, 9.17) is 4.74 Å². The summed E-state index contributed by atoms with van der Waals surface area (Å²) in [6.07, 6.45) is 2.25. The van der Waals surface area contributed by atoms with Crippen LogP contribution in [-0.2, 0) is 20.7 Å². The zero-order chi connectivity index (χ0) is 21.7. The van der Waals surface area contributed by atoms with E-state index in [1.54, 1.807) is 11.4 Å². The molecule has 1 aromatic carbocycles. The highest BCUT2D eigenvalue weighted by molar-refractivity contribution is 5.84. The van der Waals surface area contributed by atoms with Crippen LogP contribution in [0.15, 0.2) is 36.7 Å². The summed E-state index contributed by atoms with van der Waals surface area (Å²) in [4.78, 5) is 33.6. The molecule has 158 valence electrons. The topological polar surface area (TPSA) is 98.5 Å². The number of carbonyl (C=O) groups is 2. The number of fused-ring (bicyclic) bond motifs is 1. The second kappa shape index (κ2) is 9.47. The molecule has 0 bridgehead atoms. The molecular weight excluding hydrogens is 382 g/mol. The van der Waals surface area contributed by atoms with Crippen molar-refractivity contribution in [2.45, 2.75) is 59.1 Å². The zero-order valence-corrected chi connectivity index (χ0v) is 17.8. The minimum atomic E-state index is -0.899. The monoisotopic (exact) mass is 409 g/mol. The second-order valence-electron chi connectivity index (χ2n) is 7.30. The molecule has 0 aliphatic heterocycles. The number of amides is 1. The van der Waals surface area contributed by atoms with E-state index in [0.717, 1.165) is 29.7 Å². The lowest BCUT2D eigenvalue weighted by Crippen LogP contribution is -2.38. The van der Waals surface area contributed by atoms with Gasteiger partial charge in [0.05, 0.1) is 12.5 Å². The van der Waals surface area contributed by atoms with E-state index in [1.807, 2.05) is 44.2 Å². The van der Waals surface area contributed by atoms with E-state index in [2.05, 4.69) is 27.3 Å². The molecule has 0 unspecified atom stereocenters. The van der Waals surface area contributed by atoms with Crippen molar-refractivity contribution in [2.75, 3.05) is 0 Å². The highest BCUT2D eigenvalue weighted by Crippen LogP contribution is 2.19. The van der Waals surface area contributed by atoms with Crippen molar-refractivity contribution in [3.63, 3.8) is 0 Å². The third-order valence-electron chi connectivity index (χ3n) is 5.08. The van der Waals surface area contributed by atoms with Gasteiger partial charge in [-0.2, -0.15) is 10.1 Å². The second-order valence-corrected chi connectivity index (χ2v) is 7.30. The molecule has 2 aromatic heterocycles. The van der Waals surface area contributed by atoms with Crippen molar-refractivity contribution in [1.82, 2.24) is 24.9 Å². The fourth-order valence-corrected chi connectivity index (χ4v) is 3.43. The molecule has 1 amide bonds. The maximum atomic E-state index is 12.6. The van der Waals surface area contributed by atoms with E-state index in [1.165, 1.54) is 6.33 Å². The van der Waals surface area contributed by atoms with E-state index < -0.39 is 12.1 Å². The van der Waals surface area contributed by atoms with Crippen molar-refractivity contribution in [3.05, 3.63) is 59.2 Å². The maximum Gasteiger partial charge on any atom is 0.311 e. The first kappa shape index (κ1) is 21.4. The zero-order valence-electron chi connectivity index (χ0n) is 17.8. The molecule has 1 N–H and O–H groups in total. The van der Waals surface area contributed by atoms with Gasteiger partial charge < -0.3 is 10.1 Å². The molecule has 0 fully saturated rings. The first-order chi connectivity index (χ1) is 14.4. The molecule has 30 heavy (non-hydrogen) atoms. The van der Waals surface area contributed by atoms with Crippen LogP contribution in [0.5, 0.6) is 0 Å². The standard InChI is InChI=1S/C22H27N5O3/c1-5-9-19(17-10-7-6-8-11-17)26-21(29)16(4)30-20(28)12-18-14(2)25-22-23-13-24-27(22)15(18)3/h6-8,10-11,13,16,19H,5,9,12H2,1-4H3,(H,26,29)/t16-,19-/m0/s1. The summed E-state index contributed by atoms with van der Waals surface area (Å²) in [6, 6.07) is 9.67. The number of esters is 1. The lowest BCUT2D eigenvalue weighted by molar-refractivity contribution is -0.154. The van der Waals surface area contributed by atoms with Gasteiger partial charge in [0.15, 0.2) is 6.10 Å². The fraction of sp³-hybridized carbons (Fsp3) is 0.409. The average molecular weight is 409 g/mol. The highest BCUT2D eigenvalue weighted by Gasteiger charge is 2.23. The first-order valence-electron chi connectivity index (χ1n) is 10.1. The molecule has 8 nitrogen and oxygen atoms in total. The van der Waals surface area contributed by atoms with Gasteiger partial charge in [0.1, 0.15) is 6.33 Å². The van der Waals surface area contributed by atoms with Crippen molar-refractivity contribution in [2.24, 2.45) is 0 Å². The smallest absolute Gasteiger partial charge is 0.311 e. The Labute approximate surface area is 175 Å². The van der Waals surface area contributed by atoms with E-state index in [9.17, 15) is 9.59 Å². The van der Waals surface area contributed by atoms with E-state index in [-0.39, 0.29) is 18.4 Å². The summed E-state index contributed by atoms with van der Waals surface area (Å²) in [5.74, 6) is -0.321. The van der Waals surface area contributed by atoms with Gasteiger partial charge in [-0.15, -0.1) is 0 Å². The van der Waals surface area contributed by atoms with Crippen LogP contribution in [0.3, 0.4) is 0 Å². The quantitative estimate of drug-likeness (QED) is 0.575. The number of nitrogens with zero attached hydrogens (tertiary/aromatic N) is 4. The van der Waals surface area contributed by atoms with Crippen LogP contribution in [-0.4, -0.2) is 37.6 Å². The van der Waals surface area contributed by atoms with Crippen molar-refractivity contribution < 1.29 is 14.3 Å². The van der Waals surface area contributed by atoms with Crippen molar-refractivity contribution >= 4 is 17.7 Å². The molecule has 2 heterocycles. The molecule has 0 spiro atoms. The van der Waals surface area contributed by atoms with E-state index in [0.29, 0.717) is 11.5 Å². The van der Waals surface area contributed by atoms with Crippen molar-refractivity contribution in [3.8, 4) is 0 Å². The molecule has 3 aromatic rings. The van der Waals surface area contributed by atoms with Gasteiger partial charge in [-0.25, -0.2) is 9.50 Å². The summed E-state index contributed by atoms with van der Waals surface area (Å²) in [6.45, 7) is 7.32. The lowest BCUT2D eigenvalue weighted by Gasteiger charge is -2.21. The van der Waals surface area contributed by atoms with Crippen LogP contribution in [0.25, 0.3) is 5.78 Å². The SMILES string of the molecule is CCC[C@H](NC(=O)[C@H](C)OC(=O)Cc1c(C)nc2ncnn2c1C)c1ccccc1. The van der Waals surface area contributed by atoms with Gasteiger partial charge in [-0.1, -0.05) is 43.7 Å². The lowest BCUT2D eigenvalue weighted by atomic mass is 10.0. The van der Waals surface area contributed by atoms with Crippen molar-refractivity contribution in [1.29, 1.82) is 0 Å². The minimum absolute atomic E-state index is 0.00909. The number of hydrogen-bond acceptors (Lipinski definition) is 6. The number of aromatic nitrogens is 4. The van der Waals surface area contributed by atoms with Gasteiger partial charge in [0.2, 0.25) is 0 Å². The number of carbonyl (C=O) groups excluding carboxylic acids is 2. The summed E-state index contributed by atoms with van der Waals surface area (Å²) in [5.41, 5.74) is 3.22. The normalized spacial score (nSPS) is 13.1. The minimum Gasteiger partial charge on any atom is -0.452 e. The van der Waals surface area contributed by atoms with Gasteiger partial charge in [0.25, 0.3) is 11.7 Å². The summed E-state index contributed by atoms with van der Waals surface area (Å²) in [7, 11) is 0. The number of rotatable bonds is 8. The van der Waals surface area contributed by atoms with Crippen LogP contribution < -0.4 is 5.32 Å². The fourth-order valence-electron chi connectivity index (χ4n) is 3.43. The Morgan fingerprint density at radius 2 is 1.93 bits per heavy atom. The molecule has 2 atom stereocenters. The van der Waals surface area contributed by atoms with Crippen LogP contribution in [0.2, 0.25) is 0 Å². The molecule has 3 rings (SSSR count). The number of hydrogen-bond donors (Lipinski definition) is 1. The van der Waals surface area contributed by atoms with E-state index >= 15 is 0 Å². The molecular formula is C22H27N5O3. The Kier molecular flexibility index (Phi) is 6.76. The predicted octanol–water partition coefficient (Wildman–Crippen LogP) is 2.87. The molecule has 0 saturated carbocycles. The predicted molar refractivity (Wildman–Crippen MR) is 112 cm³/mol. The van der Waals surface area contributed by atoms with Crippen LogP contribution >= 0.6 is 0 Å². The van der Waals surface area contributed by atoms with Gasteiger partial charge in [-0.05, 0) is 32.8 Å². The molecule has 0 aliphatic carbocycles. The molecule has 0 saturated heterocycles. The highest BCUT2D eigenvalue weighted by atomic mass is 16.5. The summed E-state index contributed by atoms with van der Waals surface area (Å²) >= 11 is 0. The third kappa shape index (κ3) is 4.82. The first-order valence-corrected chi connectivity index (χ1v) is 10.1. The van der Waals surface area contributed by atoms with Gasteiger partial charge in [0, 0.05) is 17.0 Å². The average Bonchev–Trinajstić information content (AvgIpc) is 3.19.